The third kappa shape index (κ3) is 2.88. The molecule has 114 valence electrons. The van der Waals surface area contributed by atoms with Crippen molar-refractivity contribution in [2.45, 2.75) is 37.7 Å². The zero-order chi connectivity index (χ0) is 15.0. The number of rotatable bonds is 2. The Bertz CT molecular complexity index is 566. The number of nitro groups is 1. The fourth-order valence-electron chi connectivity index (χ4n) is 3.70. The van der Waals surface area contributed by atoms with E-state index >= 15 is 0 Å². The predicted octanol–water partition coefficient (Wildman–Crippen LogP) is 3.33. The number of aliphatic hydroxyl groups is 1. The van der Waals surface area contributed by atoms with Crippen LogP contribution in [0.2, 0.25) is 0 Å². The molecule has 5 nitrogen and oxygen atoms in total. The van der Waals surface area contributed by atoms with Crippen molar-refractivity contribution >= 4 is 34.0 Å². The Labute approximate surface area is 137 Å². The molecule has 0 aromatic heterocycles. The van der Waals surface area contributed by atoms with Gasteiger partial charge in [0.05, 0.1) is 10.5 Å². The molecule has 2 aliphatic rings. The summed E-state index contributed by atoms with van der Waals surface area (Å²) in [6, 6.07) is 5.37. The maximum Gasteiger partial charge on any atom is 0.293 e. The van der Waals surface area contributed by atoms with Gasteiger partial charge in [0.25, 0.3) is 5.69 Å². The van der Waals surface area contributed by atoms with Gasteiger partial charge in [-0.25, -0.2) is 0 Å². The maximum absolute atomic E-state index is 11.3. The molecule has 1 N–H and O–H groups in total. The van der Waals surface area contributed by atoms with Gasteiger partial charge >= 0.3 is 0 Å². The average molecular weight is 402 g/mol. The molecule has 1 aromatic rings. The molecule has 3 rings (SSSR count). The molecule has 2 fully saturated rings. The summed E-state index contributed by atoms with van der Waals surface area (Å²) in [7, 11) is 0. The van der Waals surface area contributed by atoms with Crippen LogP contribution in [0, 0.1) is 19.6 Å². The van der Waals surface area contributed by atoms with Gasteiger partial charge in [-0.05, 0) is 54.0 Å². The molecule has 1 saturated heterocycles. The van der Waals surface area contributed by atoms with Gasteiger partial charge in [-0.3, -0.25) is 10.1 Å². The summed E-state index contributed by atoms with van der Waals surface area (Å²) in [4.78, 5) is 13.1. The quantitative estimate of drug-likeness (QED) is 0.468. The van der Waals surface area contributed by atoms with E-state index in [2.05, 4.69) is 27.5 Å². The van der Waals surface area contributed by atoms with Gasteiger partial charge in [-0.1, -0.05) is 12.8 Å². The number of halogens is 1. The summed E-state index contributed by atoms with van der Waals surface area (Å²) < 4.78 is 0.870. The Morgan fingerprint density at radius 3 is 2.95 bits per heavy atom. The minimum atomic E-state index is -0.549. The number of hydrogen-bond acceptors (Lipinski definition) is 4. The number of nitro benzene ring substituents is 1. The maximum atomic E-state index is 11.3. The van der Waals surface area contributed by atoms with E-state index in [1.54, 1.807) is 6.07 Å². The van der Waals surface area contributed by atoms with Gasteiger partial charge in [0.15, 0.2) is 0 Å². The molecule has 0 radical (unpaired) electrons. The second-order valence-electron chi connectivity index (χ2n) is 6.13. The van der Waals surface area contributed by atoms with E-state index in [1.807, 2.05) is 12.1 Å². The van der Waals surface area contributed by atoms with Gasteiger partial charge < -0.3 is 10.0 Å². The fraction of sp³-hybridized carbons (Fsp3) is 0.600. The van der Waals surface area contributed by atoms with Crippen molar-refractivity contribution in [1.82, 2.24) is 0 Å². The Morgan fingerprint density at radius 1 is 1.38 bits per heavy atom. The first-order chi connectivity index (χ1) is 9.99. The Kier molecular flexibility index (Phi) is 4.09. The van der Waals surface area contributed by atoms with Crippen LogP contribution in [0.4, 0.5) is 11.4 Å². The number of nitrogens with zero attached hydrogens (tertiary/aromatic N) is 2. The van der Waals surface area contributed by atoms with E-state index in [4.69, 9.17) is 0 Å². The molecule has 2 unspecified atom stereocenters. The van der Waals surface area contributed by atoms with Crippen LogP contribution >= 0.6 is 22.6 Å². The molecule has 2 atom stereocenters. The summed E-state index contributed by atoms with van der Waals surface area (Å²) in [5, 5.41) is 22.0. The lowest BCUT2D eigenvalue weighted by atomic mass is 9.71. The summed E-state index contributed by atoms with van der Waals surface area (Å²) >= 11 is 2.10. The zero-order valence-electron chi connectivity index (χ0n) is 11.8. The molecule has 1 aliphatic carbocycles. The van der Waals surface area contributed by atoms with Crippen LogP contribution in [-0.4, -0.2) is 28.7 Å². The first kappa shape index (κ1) is 15.0. The van der Waals surface area contributed by atoms with Crippen LogP contribution in [0.5, 0.6) is 0 Å². The van der Waals surface area contributed by atoms with Gasteiger partial charge in [0.1, 0.15) is 5.69 Å². The van der Waals surface area contributed by atoms with Crippen LogP contribution in [0.15, 0.2) is 18.2 Å². The molecular weight excluding hydrogens is 383 g/mol. The van der Waals surface area contributed by atoms with Crippen molar-refractivity contribution in [2.24, 2.45) is 5.92 Å². The van der Waals surface area contributed by atoms with E-state index in [0.717, 1.165) is 35.8 Å². The highest BCUT2D eigenvalue weighted by Gasteiger charge is 2.43. The minimum absolute atomic E-state index is 0.170. The number of piperidine rings is 1. The van der Waals surface area contributed by atoms with Crippen molar-refractivity contribution in [1.29, 1.82) is 0 Å². The summed E-state index contributed by atoms with van der Waals surface area (Å²) in [6.45, 7) is 1.41. The molecule has 0 bridgehead atoms. The average Bonchev–Trinajstić information content (AvgIpc) is 2.46. The van der Waals surface area contributed by atoms with Gasteiger partial charge in [0.2, 0.25) is 0 Å². The highest BCUT2D eigenvalue weighted by molar-refractivity contribution is 14.1. The smallest absolute Gasteiger partial charge is 0.293 e. The third-order valence-corrected chi connectivity index (χ3v) is 5.57. The van der Waals surface area contributed by atoms with E-state index in [0.29, 0.717) is 18.7 Å². The van der Waals surface area contributed by atoms with E-state index < -0.39 is 5.60 Å². The molecular formula is C15H19IN2O3. The number of anilines is 1. The van der Waals surface area contributed by atoms with Gasteiger partial charge in [-0.15, -0.1) is 0 Å². The molecule has 0 amide bonds. The number of hydrogen-bond donors (Lipinski definition) is 1. The highest BCUT2D eigenvalue weighted by atomic mass is 127. The topological polar surface area (TPSA) is 66.6 Å². The summed E-state index contributed by atoms with van der Waals surface area (Å²) in [5.74, 6) is 0.235. The lowest BCUT2D eigenvalue weighted by Crippen LogP contribution is -2.53. The first-order valence-corrected chi connectivity index (χ1v) is 8.49. The second kappa shape index (κ2) is 5.72. The van der Waals surface area contributed by atoms with Crippen LogP contribution in [-0.2, 0) is 0 Å². The van der Waals surface area contributed by atoms with Crippen molar-refractivity contribution in [2.75, 3.05) is 18.0 Å². The van der Waals surface area contributed by atoms with Crippen molar-refractivity contribution in [3.8, 4) is 0 Å². The molecule has 1 aromatic carbocycles. The second-order valence-corrected chi connectivity index (χ2v) is 7.38. The Morgan fingerprint density at radius 2 is 2.19 bits per heavy atom. The molecule has 1 heterocycles. The minimum Gasteiger partial charge on any atom is -0.389 e. The highest BCUT2D eigenvalue weighted by Crippen LogP contribution is 2.42. The van der Waals surface area contributed by atoms with E-state index in [1.165, 1.54) is 0 Å². The van der Waals surface area contributed by atoms with Crippen molar-refractivity contribution in [3.05, 3.63) is 31.9 Å². The van der Waals surface area contributed by atoms with Crippen molar-refractivity contribution < 1.29 is 10.0 Å². The first-order valence-electron chi connectivity index (χ1n) is 7.41. The lowest BCUT2D eigenvalue weighted by Gasteiger charge is -2.47. The van der Waals surface area contributed by atoms with Crippen LogP contribution < -0.4 is 4.90 Å². The van der Waals surface area contributed by atoms with E-state index in [9.17, 15) is 15.2 Å². The van der Waals surface area contributed by atoms with Crippen LogP contribution in [0.3, 0.4) is 0 Å². The summed E-state index contributed by atoms with van der Waals surface area (Å²) in [5.41, 5.74) is 0.309. The molecule has 1 aliphatic heterocycles. The number of benzene rings is 1. The predicted molar refractivity (Wildman–Crippen MR) is 89.6 cm³/mol. The Balaban J connectivity index is 1.87. The summed E-state index contributed by atoms with van der Waals surface area (Å²) in [6.07, 6.45) is 4.85. The number of fused-ring (bicyclic) bond motifs is 1. The van der Waals surface area contributed by atoms with Crippen molar-refractivity contribution in [3.63, 3.8) is 0 Å². The molecule has 21 heavy (non-hydrogen) atoms. The zero-order valence-corrected chi connectivity index (χ0v) is 14.0. The standard InChI is InChI=1S/C15H19IN2O3/c16-12-4-5-13(14(9-12)18(20)21)17-8-7-15(19)6-2-1-3-11(15)10-17/h4-5,9,11,19H,1-3,6-8,10H2. The van der Waals surface area contributed by atoms with Crippen LogP contribution in [0.1, 0.15) is 32.1 Å². The lowest BCUT2D eigenvalue weighted by molar-refractivity contribution is -0.384. The van der Waals surface area contributed by atoms with Gasteiger partial charge in [-0.2, -0.15) is 0 Å². The monoisotopic (exact) mass is 402 g/mol. The Hall–Kier alpha value is -0.890. The fourth-order valence-corrected chi connectivity index (χ4v) is 4.17. The van der Waals surface area contributed by atoms with Crippen LogP contribution in [0.25, 0.3) is 0 Å². The largest absolute Gasteiger partial charge is 0.389 e. The molecule has 6 heteroatoms. The normalized spacial score (nSPS) is 29.0. The SMILES string of the molecule is O=[N+]([O-])c1cc(I)ccc1N1CCC2(O)CCCCC2C1. The van der Waals surface area contributed by atoms with E-state index in [-0.39, 0.29) is 16.5 Å². The third-order valence-electron chi connectivity index (χ3n) is 4.90. The molecule has 1 saturated carbocycles. The molecule has 0 spiro atoms. The van der Waals surface area contributed by atoms with Gasteiger partial charge in [0, 0.05) is 28.6 Å².